The van der Waals surface area contributed by atoms with E-state index in [4.69, 9.17) is 12.2 Å². The van der Waals surface area contributed by atoms with E-state index in [9.17, 15) is 4.39 Å². The van der Waals surface area contributed by atoms with Gasteiger partial charge in [-0.05, 0) is 49.5 Å². The number of thioether (sulfide) groups is 1. The second-order valence-corrected chi connectivity index (χ2v) is 6.93. The maximum atomic E-state index is 13.3. The van der Waals surface area contributed by atoms with Crippen LogP contribution in [0.2, 0.25) is 0 Å². The molecule has 5 heteroatoms. The van der Waals surface area contributed by atoms with Crippen molar-refractivity contribution in [2.24, 2.45) is 0 Å². The molecule has 19 heavy (non-hydrogen) atoms. The van der Waals surface area contributed by atoms with Gasteiger partial charge in [-0.25, -0.2) is 4.39 Å². The fourth-order valence-corrected chi connectivity index (χ4v) is 4.26. The van der Waals surface area contributed by atoms with Gasteiger partial charge in [0.15, 0.2) is 4.77 Å². The third-order valence-corrected chi connectivity index (χ3v) is 5.86. The van der Waals surface area contributed by atoms with E-state index in [0.29, 0.717) is 9.52 Å². The summed E-state index contributed by atoms with van der Waals surface area (Å²) in [6.45, 7) is 0.915. The summed E-state index contributed by atoms with van der Waals surface area (Å²) in [6, 6.07) is 4.84. The molecule has 2 nitrogen and oxygen atoms in total. The smallest absolute Gasteiger partial charge is 0.178 e. The highest BCUT2D eigenvalue weighted by Crippen LogP contribution is 2.42. The number of nitrogens with one attached hydrogen (secondary N) is 1. The molecule has 0 atom stereocenters. The molecular weight excluding hydrogens is 279 g/mol. The normalized spacial score (nSPS) is 18.2. The average molecular weight is 296 g/mol. The topological polar surface area (TPSA) is 20.7 Å². The molecule has 1 aromatic heterocycles. The Morgan fingerprint density at radius 1 is 1.42 bits per heavy atom. The summed E-state index contributed by atoms with van der Waals surface area (Å²) in [5.74, 6) is -0.226. The molecule has 102 valence electrons. The van der Waals surface area contributed by atoms with Gasteiger partial charge in [0.1, 0.15) is 5.82 Å². The molecule has 0 aliphatic heterocycles. The van der Waals surface area contributed by atoms with Gasteiger partial charge < -0.3 is 9.55 Å². The van der Waals surface area contributed by atoms with E-state index in [1.807, 2.05) is 17.8 Å². The number of hydrogen-bond acceptors (Lipinski definition) is 2. The first kappa shape index (κ1) is 13.2. The number of aromatic amines is 1. The first-order chi connectivity index (χ1) is 9.13. The van der Waals surface area contributed by atoms with Crippen LogP contribution in [0.3, 0.4) is 0 Å². The minimum absolute atomic E-state index is 0.226. The summed E-state index contributed by atoms with van der Waals surface area (Å²) < 4.78 is 16.4. The van der Waals surface area contributed by atoms with Crippen molar-refractivity contribution in [1.29, 1.82) is 0 Å². The van der Waals surface area contributed by atoms with Crippen molar-refractivity contribution in [1.82, 2.24) is 9.55 Å². The Kier molecular flexibility index (Phi) is 3.43. The van der Waals surface area contributed by atoms with Crippen LogP contribution >= 0.6 is 24.0 Å². The molecule has 1 aliphatic rings. The summed E-state index contributed by atoms with van der Waals surface area (Å²) in [7, 11) is 0. The molecule has 1 aromatic carbocycles. The van der Waals surface area contributed by atoms with Gasteiger partial charge in [-0.15, -0.1) is 0 Å². The summed E-state index contributed by atoms with van der Waals surface area (Å²) in [5.41, 5.74) is 1.80. The Morgan fingerprint density at radius 2 is 2.16 bits per heavy atom. The Morgan fingerprint density at radius 3 is 2.84 bits per heavy atom. The first-order valence-corrected chi connectivity index (χ1v) is 8.20. The zero-order chi connectivity index (χ0) is 13.5. The molecule has 1 fully saturated rings. The van der Waals surface area contributed by atoms with Crippen molar-refractivity contribution in [3.05, 3.63) is 28.8 Å². The van der Waals surface area contributed by atoms with Gasteiger partial charge in [-0.1, -0.05) is 12.8 Å². The summed E-state index contributed by atoms with van der Waals surface area (Å²) >= 11 is 7.35. The predicted octanol–water partition coefficient (Wildman–Crippen LogP) is 4.51. The van der Waals surface area contributed by atoms with E-state index < -0.39 is 0 Å². The van der Waals surface area contributed by atoms with Gasteiger partial charge in [-0.3, -0.25) is 0 Å². The van der Waals surface area contributed by atoms with Crippen LogP contribution in [-0.2, 0) is 6.54 Å². The molecule has 1 aliphatic carbocycles. The highest BCUT2D eigenvalue weighted by atomic mass is 32.2. The van der Waals surface area contributed by atoms with Crippen LogP contribution in [0.25, 0.3) is 11.0 Å². The standard InChI is InChI=1S/C14H17FN2S2/c1-19-14(6-2-3-7-14)9-17-12-5-4-10(15)8-11(12)16-13(17)18/h4-5,8H,2-3,6-7,9H2,1H3,(H,16,18). The van der Waals surface area contributed by atoms with E-state index in [2.05, 4.69) is 15.8 Å². The molecule has 0 spiro atoms. The van der Waals surface area contributed by atoms with Crippen LogP contribution in [0.1, 0.15) is 25.7 Å². The SMILES string of the molecule is CSC1(Cn2c(=S)[nH]c3cc(F)ccc32)CCCC1. The van der Waals surface area contributed by atoms with Crippen molar-refractivity contribution in [3.8, 4) is 0 Å². The van der Waals surface area contributed by atoms with Gasteiger partial charge in [0.25, 0.3) is 0 Å². The lowest BCUT2D eigenvalue weighted by molar-refractivity contribution is 0.510. The Balaban J connectivity index is 2.05. The lowest BCUT2D eigenvalue weighted by atomic mass is 10.1. The largest absolute Gasteiger partial charge is 0.330 e. The van der Waals surface area contributed by atoms with Crippen molar-refractivity contribution in [3.63, 3.8) is 0 Å². The number of benzene rings is 1. The second-order valence-electron chi connectivity index (χ2n) is 5.27. The number of rotatable bonds is 3. The lowest BCUT2D eigenvalue weighted by Gasteiger charge is -2.27. The fraction of sp³-hybridized carbons (Fsp3) is 0.500. The number of halogens is 1. The molecule has 0 amide bonds. The van der Waals surface area contributed by atoms with Gasteiger partial charge in [-0.2, -0.15) is 11.8 Å². The van der Waals surface area contributed by atoms with Crippen molar-refractivity contribution >= 4 is 35.0 Å². The maximum absolute atomic E-state index is 13.3. The third-order valence-electron chi connectivity index (χ3n) is 4.13. The molecule has 0 radical (unpaired) electrons. The lowest BCUT2D eigenvalue weighted by Crippen LogP contribution is -2.26. The first-order valence-electron chi connectivity index (χ1n) is 6.57. The molecule has 0 unspecified atom stereocenters. The number of fused-ring (bicyclic) bond motifs is 1. The monoisotopic (exact) mass is 296 g/mol. The Labute approximate surface area is 121 Å². The molecule has 1 N–H and O–H groups in total. The number of imidazole rings is 1. The maximum Gasteiger partial charge on any atom is 0.178 e. The van der Waals surface area contributed by atoms with Crippen molar-refractivity contribution < 1.29 is 4.39 Å². The Hall–Kier alpha value is -0.810. The van der Waals surface area contributed by atoms with E-state index in [1.54, 1.807) is 0 Å². The second kappa shape index (κ2) is 4.94. The summed E-state index contributed by atoms with van der Waals surface area (Å²) in [5, 5.41) is 0. The van der Waals surface area contributed by atoms with Gasteiger partial charge in [0.2, 0.25) is 0 Å². The molecular formula is C14H17FN2S2. The minimum Gasteiger partial charge on any atom is -0.330 e. The summed E-state index contributed by atoms with van der Waals surface area (Å²) in [6.07, 6.45) is 7.26. The highest BCUT2D eigenvalue weighted by molar-refractivity contribution is 8.00. The van der Waals surface area contributed by atoms with E-state index >= 15 is 0 Å². The highest BCUT2D eigenvalue weighted by Gasteiger charge is 2.33. The average Bonchev–Trinajstić information content (AvgIpc) is 2.96. The molecule has 3 rings (SSSR count). The molecule has 0 saturated heterocycles. The van der Waals surface area contributed by atoms with Crippen LogP contribution in [0.15, 0.2) is 18.2 Å². The molecule has 0 bridgehead atoms. The Bertz CT molecular complexity index is 653. The van der Waals surface area contributed by atoms with E-state index in [-0.39, 0.29) is 5.82 Å². The van der Waals surface area contributed by atoms with Crippen LogP contribution in [-0.4, -0.2) is 20.6 Å². The molecule has 1 saturated carbocycles. The third kappa shape index (κ3) is 2.34. The minimum atomic E-state index is -0.226. The summed E-state index contributed by atoms with van der Waals surface area (Å²) in [4.78, 5) is 3.11. The zero-order valence-electron chi connectivity index (χ0n) is 10.9. The van der Waals surface area contributed by atoms with E-state index in [0.717, 1.165) is 17.6 Å². The van der Waals surface area contributed by atoms with Crippen LogP contribution < -0.4 is 0 Å². The van der Waals surface area contributed by atoms with Gasteiger partial charge in [0, 0.05) is 11.3 Å². The number of nitrogens with zero attached hydrogens (tertiary/aromatic N) is 1. The predicted molar refractivity (Wildman–Crippen MR) is 81.8 cm³/mol. The zero-order valence-corrected chi connectivity index (χ0v) is 12.5. The van der Waals surface area contributed by atoms with Gasteiger partial charge in [0.05, 0.1) is 11.0 Å². The van der Waals surface area contributed by atoms with Gasteiger partial charge >= 0.3 is 0 Å². The van der Waals surface area contributed by atoms with Crippen LogP contribution in [0, 0.1) is 10.6 Å². The van der Waals surface area contributed by atoms with Crippen LogP contribution in [0.4, 0.5) is 4.39 Å². The van der Waals surface area contributed by atoms with Crippen molar-refractivity contribution in [2.75, 3.05) is 6.26 Å². The number of H-pyrrole nitrogens is 1. The number of aromatic nitrogens is 2. The quantitative estimate of drug-likeness (QED) is 0.841. The molecule has 2 aromatic rings. The molecule has 1 heterocycles. The fourth-order valence-electron chi connectivity index (χ4n) is 3.03. The van der Waals surface area contributed by atoms with Crippen LogP contribution in [0.5, 0.6) is 0 Å². The van der Waals surface area contributed by atoms with E-state index in [1.165, 1.54) is 37.8 Å². The van der Waals surface area contributed by atoms with Crippen molar-refractivity contribution in [2.45, 2.75) is 37.0 Å². The number of hydrogen-bond donors (Lipinski definition) is 1.